The zero-order valence-electron chi connectivity index (χ0n) is 22.3. The molecule has 0 spiro atoms. The monoisotopic (exact) mass is 571 g/mol. The first-order valence-corrected chi connectivity index (χ1v) is 14.7. The molecule has 0 aliphatic heterocycles. The maximum absolute atomic E-state index is 13.1. The SMILES string of the molecule is CCOC(=O)c1c(NC(=O)C(C)Sc2nnc(CNC(=O)COc3ccccc3)n2C)sc2c1CCCCC2. The molecule has 1 atom stereocenters. The maximum Gasteiger partial charge on any atom is 0.341 e. The second-order valence-electron chi connectivity index (χ2n) is 9.07. The van der Waals surface area contributed by atoms with Gasteiger partial charge in [-0.3, -0.25) is 9.59 Å². The topological polar surface area (TPSA) is 124 Å². The zero-order chi connectivity index (χ0) is 27.8. The number of carbonyl (C=O) groups is 3. The Morgan fingerprint density at radius 3 is 2.67 bits per heavy atom. The number of aromatic nitrogens is 3. The normalized spacial score (nSPS) is 13.6. The van der Waals surface area contributed by atoms with Crippen LogP contribution in [0.1, 0.15) is 59.7 Å². The van der Waals surface area contributed by atoms with Crippen molar-refractivity contribution in [3.05, 3.63) is 52.2 Å². The third-order valence-corrected chi connectivity index (χ3v) is 8.61. The number of carbonyl (C=O) groups excluding carboxylic acids is 3. The summed E-state index contributed by atoms with van der Waals surface area (Å²) >= 11 is 2.73. The molecule has 1 aliphatic rings. The molecule has 0 saturated carbocycles. The third-order valence-electron chi connectivity index (χ3n) is 6.27. The van der Waals surface area contributed by atoms with Crippen LogP contribution in [0.5, 0.6) is 5.75 Å². The lowest BCUT2D eigenvalue weighted by molar-refractivity contribution is -0.123. The Kier molecular flexibility index (Phi) is 9.99. The summed E-state index contributed by atoms with van der Waals surface area (Å²) in [5, 5.41) is 14.7. The minimum absolute atomic E-state index is 0.111. The number of benzene rings is 1. The van der Waals surface area contributed by atoms with E-state index in [4.69, 9.17) is 9.47 Å². The second kappa shape index (κ2) is 13.6. The number of thioether (sulfide) groups is 1. The molecule has 0 bridgehead atoms. The molecule has 10 nitrogen and oxygen atoms in total. The molecular formula is C27H33N5O5S2. The van der Waals surface area contributed by atoms with Gasteiger partial charge in [-0.15, -0.1) is 21.5 Å². The van der Waals surface area contributed by atoms with Crippen molar-refractivity contribution in [2.45, 2.75) is 62.9 Å². The van der Waals surface area contributed by atoms with Crippen molar-refractivity contribution in [3.8, 4) is 5.75 Å². The summed E-state index contributed by atoms with van der Waals surface area (Å²) < 4.78 is 12.5. The van der Waals surface area contributed by atoms with Gasteiger partial charge in [0.15, 0.2) is 17.6 Å². The third kappa shape index (κ3) is 7.39. The highest BCUT2D eigenvalue weighted by Crippen LogP contribution is 2.38. The summed E-state index contributed by atoms with van der Waals surface area (Å²) in [5.41, 5.74) is 1.51. The van der Waals surface area contributed by atoms with Crippen LogP contribution in [0.25, 0.3) is 0 Å². The number of amides is 2. The van der Waals surface area contributed by atoms with Gasteiger partial charge in [-0.05, 0) is 57.2 Å². The van der Waals surface area contributed by atoms with Crippen LogP contribution < -0.4 is 15.4 Å². The Labute approximate surface area is 235 Å². The van der Waals surface area contributed by atoms with Crippen LogP contribution >= 0.6 is 23.1 Å². The largest absolute Gasteiger partial charge is 0.484 e. The molecule has 2 aromatic heterocycles. The summed E-state index contributed by atoms with van der Waals surface area (Å²) in [5.74, 6) is 0.254. The van der Waals surface area contributed by atoms with Gasteiger partial charge in [0.25, 0.3) is 5.91 Å². The number of ether oxygens (including phenoxy) is 2. The van der Waals surface area contributed by atoms with Crippen LogP contribution in [0.4, 0.5) is 5.00 Å². The molecule has 208 valence electrons. The molecule has 4 rings (SSSR count). The lowest BCUT2D eigenvalue weighted by Gasteiger charge is -2.12. The number of rotatable bonds is 11. The smallest absolute Gasteiger partial charge is 0.341 e. The van der Waals surface area contributed by atoms with Crippen molar-refractivity contribution in [2.75, 3.05) is 18.5 Å². The predicted octanol–water partition coefficient (Wildman–Crippen LogP) is 4.14. The number of nitrogens with zero attached hydrogens (tertiary/aromatic N) is 3. The number of fused-ring (bicyclic) bond motifs is 1. The molecule has 2 heterocycles. The molecule has 39 heavy (non-hydrogen) atoms. The molecule has 0 radical (unpaired) electrons. The van der Waals surface area contributed by atoms with E-state index in [0.717, 1.165) is 42.5 Å². The molecule has 2 amide bonds. The average molecular weight is 572 g/mol. The van der Waals surface area contributed by atoms with Crippen LogP contribution in [-0.2, 0) is 40.8 Å². The summed E-state index contributed by atoms with van der Waals surface area (Å²) in [6.45, 7) is 3.89. The van der Waals surface area contributed by atoms with Crippen LogP contribution in [0.2, 0.25) is 0 Å². The van der Waals surface area contributed by atoms with Crippen molar-refractivity contribution >= 4 is 45.9 Å². The summed E-state index contributed by atoms with van der Waals surface area (Å²) in [7, 11) is 1.78. The number of para-hydroxylation sites is 1. The van der Waals surface area contributed by atoms with E-state index in [0.29, 0.717) is 27.3 Å². The number of aryl methyl sites for hydroxylation is 1. The van der Waals surface area contributed by atoms with Gasteiger partial charge in [0.05, 0.1) is 24.0 Å². The molecule has 1 aromatic carbocycles. The number of nitrogens with one attached hydrogen (secondary N) is 2. The minimum atomic E-state index is -0.508. The van der Waals surface area contributed by atoms with Crippen molar-refractivity contribution in [1.29, 1.82) is 0 Å². The summed E-state index contributed by atoms with van der Waals surface area (Å²) in [4.78, 5) is 39.3. The van der Waals surface area contributed by atoms with Crippen LogP contribution in [0.3, 0.4) is 0 Å². The van der Waals surface area contributed by atoms with Crippen molar-refractivity contribution in [2.24, 2.45) is 7.05 Å². The van der Waals surface area contributed by atoms with E-state index in [1.54, 1.807) is 37.6 Å². The Bertz CT molecular complexity index is 1310. The molecule has 0 saturated heterocycles. The van der Waals surface area contributed by atoms with Gasteiger partial charge in [0, 0.05) is 11.9 Å². The molecular weight excluding hydrogens is 538 g/mol. The predicted molar refractivity (Wildman–Crippen MR) is 150 cm³/mol. The van der Waals surface area contributed by atoms with Gasteiger partial charge < -0.3 is 24.7 Å². The highest BCUT2D eigenvalue weighted by molar-refractivity contribution is 8.00. The quantitative estimate of drug-likeness (QED) is 0.200. The van der Waals surface area contributed by atoms with Crippen LogP contribution in [0, 0.1) is 0 Å². The first kappa shape index (κ1) is 28.6. The Balaban J connectivity index is 1.35. The highest BCUT2D eigenvalue weighted by Gasteiger charge is 2.28. The summed E-state index contributed by atoms with van der Waals surface area (Å²) in [6.07, 6.45) is 4.94. The van der Waals surface area contributed by atoms with Crippen molar-refractivity contribution in [3.63, 3.8) is 0 Å². The Morgan fingerprint density at radius 2 is 1.90 bits per heavy atom. The van der Waals surface area contributed by atoms with E-state index >= 15 is 0 Å². The Hall–Kier alpha value is -3.38. The van der Waals surface area contributed by atoms with Gasteiger partial charge in [-0.1, -0.05) is 36.4 Å². The van der Waals surface area contributed by atoms with E-state index < -0.39 is 5.25 Å². The average Bonchev–Trinajstić information content (AvgIpc) is 3.35. The maximum atomic E-state index is 13.1. The molecule has 3 aromatic rings. The van der Waals surface area contributed by atoms with E-state index in [2.05, 4.69) is 20.8 Å². The fraction of sp³-hybridized carbons (Fsp3) is 0.444. The Morgan fingerprint density at radius 1 is 1.13 bits per heavy atom. The first-order valence-electron chi connectivity index (χ1n) is 13.0. The van der Waals surface area contributed by atoms with E-state index in [1.165, 1.54) is 23.1 Å². The number of anilines is 1. The molecule has 12 heteroatoms. The number of hydrogen-bond donors (Lipinski definition) is 2. The lowest BCUT2D eigenvalue weighted by atomic mass is 10.1. The zero-order valence-corrected chi connectivity index (χ0v) is 24.0. The molecule has 1 aliphatic carbocycles. The van der Waals surface area contributed by atoms with Crippen LogP contribution in [-0.4, -0.2) is 51.0 Å². The van der Waals surface area contributed by atoms with Gasteiger partial charge in [0.2, 0.25) is 5.91 Å². The molecule has 2 N–H and O–H groups in total. The minimum Gasteiger partial charge on any atom is -0.484 e. The van der Waals surface area contributed by atoms with Gasteiger partial charge in [-0.2, -0.15) is 0 Å². The van der Waals surface area contributed by atoms with E-state index in [-0.39, 0.29) is 37.5 Å². The molecule has 0 fully saturated rings. The van der Waals surface area contributed by atoms with Crippen LogP contribution in [0.15, 0.2) is 35.5 Å². The number of hydrogen-bond acceptors (Lipinski definition) is 9. The van der Waals surface area contributed by atoms with Gasteiger partial charge in [0.1, 0.15) is 10.8 Å². The lowest BCUT2D eigenvalue weighted by Crippen LogP contribution is -2.29. The highest BCUT2D eigenvalue weighted by atomic mass is 32.2. The second-order valence-corrected chi connectivity index (χ2v) is 11.5. The van der Waals surface area contributed by atoms with Gasteiger partial charge >= 0.3 is 5.97 Å². The first-order chi connectivity index (χ1) is 18.9. The standard InChI is InChI=1S/C27H33N5O5S2/c1-4-36-26(35)23-19-13-9-6-10-14-20(19)39-25(23)29-24(34)17(2)38-27-31-30-21(32(27)3)15-28-22(33)16-37-18-11-7-5-8-12-18/h5,7-8,11-12,17H,4,6,9-10,13-16H2,1-3H3,(H,28,33)(H,29,34). The van der Waals surface area contributed by atoms with Gasteiger partial charge in [-0.25, -0.2) is 4.79 Å². The fourth-order valence-electron chi connectivity index (χ4n) is 4.17. The number of esters is 1. The molecule has 1 unspecified atom stereocenters. The summed E-state index contributed by atoms with van der Waals surface area (Å²) in [6, 6.07) is 9.10. The number of thiophene rings is 1. The van der Waals surface area contributed by atoms with Crippen molar-refractivity contribution < 1.29 is 23.9 Å². The van der Waals surface area contributed by atoms with Crippen molar-refractivity contribution in [1.82, 2.24) is 20.1 Å². The van der Waals surface area contributed by atoms with E-state index in [9.17, 15) is 14.4 Å². The fourth-order valence-corrected chi connectivity index (χ4v) is 6.28. The van der Waals surface area contributed by atoms with E-state index in [1.807, 2.05) is 18.2 Å².